The van der Waals surface area contributed by atoms with Crippen molar-refractivity contribution in [2.45, 2.75) is 46.5 Å². The van der Waals surface area contributed by atoms with E-state index in [-0.39, 0.29) is 11.8 Å². The van der Waals surface area contributed by atoms with E-state index in [0.29, 0.717) is 30.5 Å². The van der Waals surface area contributed by atoms with Crippen molar-refractivity contribution in [2.24, 2.45) is 11.8 Å². The van der Waals surface area contributed by atoms with Crippen molar-refractivity contribution >= 4 is 23.2 Å². The first kappa shape index (κ1) is 22.4. The highest BCUT2D eigenvalue weighted by Gasteiger charge is 2.32. The summed E-state index contributed by atoms with van der Waals surface area (Å²) in [6.45, 7) is 9.45. The second-order valence-electron chi connectivity index (χ2n) is 9.52. The average Bonchev–Trinajstić information content (AvgIpc) is 2.81. The van der Waals surface area contributed by atoms with Gasteiger partial charge in [0.2, 0.25) is 5.91 Å². The van der Waals surface area contributed by atoms with Gasteiger partial charge in [-0.2, -0.15) is 0 Å². The largest absolute Gasteiger partial charge is 0.355 e. The fourth-order valence-corrected chi connectivity index (χ4v) is 4.96. The van der Waals surface area contributed by atoms with Crippen LogP contribution in [0.2, 0.25) is 0 Å². The maximum atomic E-state index is 13.4. The summed E-state index contributed by atoms with van der Waals surface area (Å²) in [6, 6.07) is 13.9. The van der Waals surface area contributed by atoms with Crippen LogP contribution < -0.4 is 5.32 Å². The zero-order valence-electron chi connectivity index (χ0n) is 19.6. The quantitative estimate of drug-likeness (QED) is 0.725. The number of carbonyl (C=O) groups excluding carboxylic acids is 2. The predicted octanol–water partition coefficient (Wildman–Crippen LogP) is 5.16. The summed E-state index contributed by atoms with van der Waals surface area (Å²) < 4.78 is 0. The number of nitrogens with one attached hydrogen (secondary N) is 1. The lowest BCUT2D eigenvalue weighted by atomic mass is 9.92. The lowest BCUT2D eigenvalue weighted by Gasteiger charge is -2.37. The van der Waals surface area contributed by atoms with Gasteiger partial charge in [0.15, 0.2) is 0 Å². The fraction of sp³-hybridized carbons (Fsp3) is 0.481. The summed E-state index contributed by atoms with van der Waals surface area (Å²) in [5.41, 5.74) is 4.93. The number of anilines is 2. The normalized spacial score (nSPS) is 19.7. The molecule has 1 atom stereocenters. The van der Waals surface area contributed by atoms with Gasteiger partial charge in [-0.25, -0.2) is 0 Å². The van der Waals surface area contributed by atoms with Crippen molar-refractivity contribution in [3.63, 3.8) is 0 Å². The smallest absolute Gasteiger partial charge is 0.255 e. The minimum absolute atomic E-state index is 0.0379. The van der Waals surface area contributed by atoms with Gasteiger partial charge in [-0.3, -0.25) is 9.59 Å². The summed E-state index contributed by atoms with van der Waals surface area (Å²) in [6.07, 6.45) is 3.82. The van der Waals surface area contributed by atoms with Gasteiger partial charge in [-0.1, -0.05) is 31.2 Å². The number of benzene rings is 2. The molecule has 5 heteroatoms. The average molecular weight is 434 g/mol. The highest BCUT2D eigenvalue weighted by Crippen LogP contribution is 2.28. The Hall–Kier alpha value is -2.82. The van der Waals surface area contributed by atoms with Gasteiger partial charge in [0.05, 0.1) is 11.3 Å². The number of aryl methyl sites for hydroxylation is 1. The third kappa shape index (κ3) is 4.82. The number of hydrogen-bond acceptors (Lipinski definition) is 3. The van der Waals surface area contributed by atoms with Crippen molar-refractivity contribution in [1.29, 1.82) is 0 Å². The number of carbonyl (C=O) groups is 2. The van der Waals surface area contributed by atoms with Crippen molar-refractivity contribution < 1.29 is 9.59 Å². The molecule has 1 unspecified atom stereocenters. The summed E-state index contributed by atoms with van der Waals surface area (Å²) in [5, 5.41) is 3.47. The molecule has 2 aliphatic rings. The molecule has 5 nitrogen and oxygen atoms in total. The highest BCUT2D eigenvalue weighted by molar-refractivity contribution is 6.00. The predicted molar refractivity (Wildman–Crippen MR) is 129 cm³/mol. The highest BCUT2D eigenvalue weighted by atomic mass is 16.2. The van der Waals surface area contributed by atoms with E-state index in [2.05, 4.69) is 37.1 Å². The standard InChI is InChI=1S/C27H35N3O2/c1-19-8-7-15-30(18-19)26(31)22-13-16-29(17-14-22)27(32)23-10-4-5-11-25(23)28-24-12-6-9-20(2)21(24)3/h4-6,9-12,19,22,28H,7-8,13-18H2,1-3H3. The number of amides is 2. The van der Waals surface area contributed by atoms with E-state index in [0.717, 1.165) is 43.7 Å². The molecule has 2 saturated heterocycles. The molecule has 0 spiro atoms. The molecule has 2 aromatic carbocycles. The number of likely N-dealkylation sites (tertiary alicyclic amines) is 2. The minimum atomic E-state index is 0.0379. The van der Waals surface area contributed by atoms with Gasteiger partial charge in [-0.15, -0.1) is 0 Å². The van der Waals surface area contributed by atoms with Crippen LogP contribution in [-0.2, 0) is 4.79 Å². The van der Waals surface area contributed by atoms with Crippen LogP contribution in [0.3, 0.4) is 0 Å². The number of piperidine rings is 2. The molecule has 0 saturated carbocycles. The van der Waals surface area contributed by atoms with E-state index in [1.165, 1.54) is 17.5 Å². The first-order valence-electron chi connectivity index (χ1n) is 11.9. The molecule has 2 aromatic rings. The third-order valence-electron chi connectivity index (χ3n) is 7.13. The van der Waals surface area contributed by atoms with Gasteiger partial charge in [0, 0.05) is 37.8 Å². The molecule has 32 heavy (non-hydrogen) atoms. The van der Waals surface area contributed by atoms with Gasteiger partial charge in [0.1, 0.15) is 0 Å². The van der Waals surface area contributed by atoms with E-state index in [1.807, 2.05) is 41.3 Å². The second kappa shape index (κ2) is 9.76. The zero-order valence-corrected chi connectivity index (χ0v) is 19.6. The van der Waals surface area contributed by atoms with Crippen LogP contribution in [-0.4, -0.2) is 47.8 Å². The number of hydrogen-bond donors (Lipinski definition) is 1. The minimum Gasteiger partial charge on any atom is -0.355 e. The summed E-state index contributed by atoms with van der Waals surface area (Å²) in [5.74, 6) is 0.972. The second-order valence-corrected chi connectivity index (χ2v) is 9.52. The van der Waals surface area contributed by atoms with Crippen LogP contribution in [0, 0.1) is 25.7 Å². The number of para-hydroxylation sites is 1. The SMILES string of the molecule is Cc1cccc(Nc2ccccc2C(=O)N2CCC(C(=O)N3CCCC(C)C3)CC2)c1C. The summed E-state index contributed by atoms with van der Waals surface area (Å²) in [4.78, 5) is 30.3. The van der Waals surface area contributed by atoms with Gasteiger partial charge < -0.3 is 15.1 Å². The van der Waals surface area contributed by atoms with Gasteiger partial charge in [-0.05, 0) is 74.8 Å². The first-order chi connectivity index (χ1) is 15.4. The molecule has 2 heterocycles. The van der Waals surface area contributed by atoms with Crippen molar-refractivity contribution in [3.8, 4) is 0 Å². The molecule has 0 radical (unpaired) electrons. The van der Waals surface area contributed by atoms with Crippen LogP contribution in [0.1, 0.15) is 54.1 Å². The molecule has 2 fully saturated rings. The number of rotatable bonds is 4. The van der Waals surface area contributed by atoms with Crippen LogP contribution >= 0.6 is 0 Å². The fourth-order valence-electron chi connectivity index (χ4n) is 4.96. The Kier molecular flexibility index (Phi) is 6.83. The summed E-state index contributed by atoms with van der Waals surface area (Å²) in [7, 11) is 0. The zero-order chi connectivity index (χ0) is 22.7. The molecule has 1 N–H and O–H groups in total. The summed E-state index contributed by atoms with van der Waals surface area (Å²) >= 11 is 0. The Morgan fingerprint density at radius 3 is 2.34 bits per heavy atom. The lowest BCUT2D eigenvalue weighted by molar-refractivity contribution is -0.138. The van der Waals surface area contributed by atoms with E-state index in [4.69, 9.17) is 0 Å². The maximum absolute atomic E-state index is 13.4. The lowest BCUT2D eigenvalue weighted by Crippen LogP contribution is -2.47. The monoisotopic (exact) mass is 433 g/mol. The molecule has 0 aromatic heterocycles. The van der Waals surface area contributed by atoms with Crippen molar-refractivity contribution in [1.82, 2.24) is 9.80 Å². The topological polar surface area (TPSA) is 52.7 Å². The van der Waals surface area contributed by atoms with Crippen LogP contribution in [0.5, 0.6) is 0 Å². The van der Waals surface area contributed by atoms with Crippen molar-refractivity contribution in [3.05, 3.63) is 59.2 Å². The van der Waals surface area contributed by atoms with E-state index in [1.54, 1.807) is 0 Å². The van der Waals surface area contributed by atoms with Crippen LogP contribution in [0.25, 0.3) is 0 Å². The third-order valence-corrected chi connectivity index (χ3v) is 7.13. The molecule has 2 amide bonds. The molecular formula is C27H35N3O2. The van der Waals surface area contributed by atoms with Gasteiger partial charge >= 0.3 is 0 Å². The van der Waals surface area contributed by atoms with E-state index >= 15 is 0 Å². The number of nitrogens with zero attached hydrogens (tertiary/aromatic N) is 2. The molecule has 170 valence electrons. The van der Waals surface area contributed by atoms with E-state index < -0.39 is 0 Å². The Morgan fingerprint density at radius 1 is 0.875 bits per heavy atom. The molecule has 0 bridgehead atoms. The molecular weight excluding hydrogens is 398 g/mol. The van der Waals surface area contributed by atoms with Crippen LogP contribution in [0.4, 0.5) is 11.4 Å². The Bertz CT molecular complexity index is 979. The Balaban J connectivity index is 1.41. The van der Waals surface area contributed by atoms with Gasteiger partial charge in [0.25, 0.3) is 5.91 Å². The Labute approximate surface area is 191 Å². The molecule has 0 aliphatic carbocycles. The van der Waals surface area contributed by atoms with E-state index in [9.17, 15) is 9.59 Å². The Morgan fingerprint density at radius 2 is 1.59 bits per heavy atom. The first-order valence-corrected chi connectivity index (χ1v) is 11.9. The maximum Gasteiger partial charge on any atom is 0.255 e. The van der Waals surface area contributed by atoms with Crippen molar-refractivity contribution in [2.75, 3.05) is 31.5 Å². The molecule has 2 aliphatic heterocycles. The van der Waals surface area contributed by atoms with Crippen LogP contribution in [0.15, 0.2) is 42.5 Å². The molecule has 4 rings (SSSR count).